The number of rotatable bonds is 3. The molecule has 116 valence electrons. The van der Waals surface area contributed by atoms with E-state index in [9.17, 15) is 13.0 Å². The van der Waals surface area contributed by atoms with Crippen LogP contribution in [0.25, 0.3) is 22.4 Å². The highest BCUT2D eigenvalue weighted by Crippen LogP contribution is 2.35. The lowest BCUT2D eigenvalue weighted by Gasteiger charge is -2.17. The highest BCUT2D eigenvalue weighted by atomic mass is 32.2. The Morgan fingerprint density at radius 2 is 1.86 bits per heavy atom. The summed E-state index contributed by atoms with van der Waals surface area (Å²) in [6.07, 6.45) is 3.55. The maximum atomic E-state index is 11.9. The van der Waals surface area contributed by atoms with Gasteiger partial charge in [-0.25, -0.2) is 0 Å². The summed E-state index contributed by atoms with van der Waals surface area (Å²) in [6, 6.07) is 5.52. The van der Waals surface area contributed by atoms with Crippen LogP contribution in [-0.4, -0.2) is 13.0 Å². The lowest BCUT2D eigenvalue weighted by molar-refractivity contribution is 0.483. The van der Waals surface area contributed by atoms with E-state index in [4.69, 9.17) is 0 Å². The van der Waals surface area contributed by atoms with Crippen molar-refractivity contribution in [2.45, 2.75) is 32.6 Å². The smallest absolute Gasteiger partial charge is 0.282 e. The van der Waals surface area contributed by atoms with E-state index in [0.717, 1.165) is 33.0 Å². The van der Waals surface area contributed by atoms with E-state index >= 15 is 0 Å². The zero-order valence-electron chi connectivity index (χ0n) is 13.3. The third kappa shape index (κ3) is 2.60. The lowest BCUT2D eigenvalue weighted by atomic mass is 9.91. The molecule has 0 bridgehead atoms. The van der Waals surface area contributed by atoms with Crippen molar-refractivity contribution in [2.24, 2.45) is 0 Å². The van der Waals surface area contributed by atoms with Gasteiger partial charge in [-0.05, 0) is 66.8 Å². The van der Waals surface area contributed by atoms with E-state index in [1.807, 2.05) is 45.9 Å². The van der Waals surface area contributed by atoms with Gasteiger partial charge in [0.2, 0.25) is 0 Å². The summed E-state index contributed by atoms with van der Waals surface area (Å²) >= 11 is 0. The molecule has 0 radical (unpaired) electrons. The quantitative estimate of drug-likeness (QED) is 0.830. The number of hydrogen-bond acceptors (Lipinski definition) is 2. The van der Waals surface area contributed by atoms with Crippen LogP contribution in [0.2, 0.25) is 0 Å². The Labute approximate surface area is 131 Å². The topological polar surface area (TPSA) is 54.4 Å². The average molecular weight is 316 g/mol. The normalized spacial score (nSPS) is 12.7. The van der Waals surface area contributed by atoms with Crippen molar-refractivity contribution < 1.29 is 13.0 Å². The van der Waals surface area contributed by atoms with Crippen molar-refractivity contribution in [3.63, 3.8) is 0 Å². The van der Waals surface area contributed by atoms with Crippen LogP contribution in [0.4, 0.5) is 0 Å². The van der Waals surface area contributed by atoms with Crippen LogP contribution >= 0.6 is 0 Å². The first-order valence-corrected chi connectivity index (χ1v) is 8.46. The summed E-state index contributed by atoms with van der Waals surface area (Å²) in [5, 5.41) is 1.75. The van der Waals surface area contributed by atoms with Gasteiger partial charge >= 0.3 is 0 Å². The van der Waals surface area contributed by atoms with Gasteiger partial charge in [0.05, 0.1) is 0 Å². The Morgan fingerprint density at radius 1 is 1.23 bits per heavy atom. The second-order valence-electron chi connectivity index (χ2n) is 5.42. The molecule has 0 spiro atoms. The largest absolute Gasteiger partial charge is 0.295 e. The molecule has 0 aliphatic heterocycles. The number of hydrogen-bond donors (Lipinski definition) is 1. The summed E-state index contributed by atoms with van der Waals surface area (Å²) in [7, 11) is -4.32. The fraction of sp³-hybridized carbons (Fsp3) is 0.222. The number of benzene rings is 2. The third-order valence-corrected chi connectivity index (χ3v) is 4.99. The molecule has 4 heteroatoms. The third-order valence-electron chi connectivity index (χ3n) is 4.12. The van der Waals surface area contributed by atoms with E-state index in [1.54, 1.807) is 12.1 Å². The van der Waals surface area contributed by atoms with E-state index < -0.39 is 10.1 Å². The molecule has 3 nitrogen and oxygen atoms in total. The van der Waals surface area contributed by atoms with Gasteiger partial charge in [0.1, 0.15) is 4.90 Å². The second kappa shape index (κ2) is 5.71. The molecule has 1 N–H and O–H groups in total. The average Bonchev–Trinajstić information content (AvgIpc) is 2.45. The molecule has 0 fully saturated rings. The van der Waals surface area contributed by atoms with E-state index in [-0.39, 0.29) is 4.90 Å². The number of allylic oxidation sites excluding steroid dienone is 2. The molecule has 2 aromatic rings. The number of fused-ring (bicyclic) bond motifs is 1. The zero-order valence-corrected chi connectivity index (χ0v) is 14.1. The second-order valence-corrected chi connectivity index (χ2v) is 6.81. The Bertz CT molecular complexity index is 904. The van der Waals surface area contributed by atoms with Crippen LogP contribution in [-0.2, 0) is 10.1 Å². The van der Waals surface area contributed by atoms with Crippen LogP contribution in [0.15, 0.2) is 35.7 Å². The Kier molecular flexibility index (Phi) is 4.27. The number of aryl methyl sites for hydroxylation is 2. The van der Waals surface area contributed by atoms with Gasteiger partial charge in [0, 0.05) is 5.56 Å². The van der Waals surface area contributed by atoms with Crippen LogP contribution in [0.5, 0.6) is 0 Å². The molecule has 0 saturated heterocycles. The van der Waals surface area contributed by atoms with Crippen LogP contribution in [0, 0.1) is 13.8 Å². The molecular weight excluding hydrogens is 296 g/mol. The minimum atomic E-state index is -4.32. The minimum absolute atomic E-state index is 0.0539. The van der Waals surface area contributed by atoms with Gasteiger partial charge in [-0.15, -0.1) is 0 Å². The van der Waals surface area contributed by atoms with Crippen LogP contribution in [0.3, 0.4) is 0 Å². The van der Waals surface area contributed by atoms with Gasteiger partial charge in [0.25, 0.3) is 10.1 Å². The highest BCUT2D eigenvalue weighted by Gasteiger charge is 2.21. The molecule has 2 aromatic carbocycles. The van der Waals surface area contributed by atoms with Crippen molar-refractivity contribution >= 4 is 32.5 Å². The van der Waals surface area contributed by atoms with Gasteiger partial charge in [-0.1, -0.05) is 30.9 Å². The van der Waals surface area contributed by atoms with Crippen molar-refractivity contribution in [3.05, 3.63) is 53.1 Å². The summed E-state index contributed by atoms with van der Waals surface area (Å²) in [5.74, 6) is 0. The van der Waals surface area contributed by atoms with Crippen molar-refractivity contribution in [1.29, 1.82) is 0 Å². The fourth-order valence-electron chi connectivity index (χ4n) is 2.86. The Balaban J connectivity index is 3.13. The van der Waals surface area contributed by atoms with Gasteiger partial charge in [-0.3, -0.25) is 4.55 Å². The Hall–Kier alpha value is -1.91. The minimum Gasteiger partial charge on any atom is -0.282 e. The van der Waals surface area contributed by atoms with Crippen molar-refractivity contribution in [3.8, 4) is 0 Å². The Morgan fingerprint density at radius 3 is 2.36 bits per heavy atom. The molecule has 0 aliphatic rings. The van der Waals surface area contributed by atoms with Crippen molar-refractivity contribution in [1.82, 2.24) is 0 Å². The molecule has 0 saturated carbocycles. The summed E-state index contributed by atoms with van der Waals surface area (Å²) < 4.78 is 33.4. The summed E-state index contributed by atoms with van der Waals surface area (Å²) in [5.41, 5.74) is 4.11. The molecule has 0 amide bonds. The summed E-state index contributed by atoms with van der Waals surface area (Å²) in [4.78, 5) is -0.0539. The first-order chi connectivity index (χ1) is 10.2. The molecule has 0 aromatic heterocycles. The SMILES string of the molecule is C=Cc1c(C)ccc2c(C)c(C(C)=CC)c(S(=O)(=O)O)cc12. The standard InChI is InChI=1S/C18H20O3S/c1-6-11(3)18-13(5)15-9-8-12(4)14(7-2)16(15)10-17(18)22(19,20)21/h6-10H,2H2,1,3-5H3,(H,19,20,21). The van der Waals surface area contributed by atoms with Crippen LogP contribution in [0.1, 0.15) is 36.1 Å². The van der Waals surface area contributed by atoms with E-state index in [2.05, 4.69) is 6.58 Å². The van der Waals surface area contributed by atoms with E-state index in [0.29, 0.717) is 5.56 Å². The molecule has 0 heterocycles. The molecule has 0 unspecified atom stereocenters. The van der Waals surface area contributed by atoms with Crippen LogP contribution < -0.4 is 0 Å². The lowest BCUT2D eigenvalue weighted by Crippen LogP contribution is -2.05. The summed E-state index contributed by atoms with van der Waals surface area (Å²) in [6.45, 7) is 11.3. The fourth-order valence-corrected chi connectivity index (χ4v) is 3.70. The van der Waals surface area contributed by atoms with E-state index in [1.165, 1.54) is 0 Å². The molecule has 0 aliphatic carbocycles. The first kappa shape index (κ1) is 16.5. The van der Waals surface area contributed by atoms with Gasteiger partial charge in [0.15, 0.2) is 0 Å². The van der Waals surface area contributed by atoms with Gasteiger partial charge < -0.3 is 0 Å². The molecule has 0 atom stereocenters. The van der Waals surface area contributed by atoms with Gasteiger partial charge in [-0.2, -0.15) is 8.42 Å². The highest BCUT2D eigenvalue weighted by molar-refractivity contribution is 7.86. The maximum Gasteiger partial charge on any atom is 0.295 e. The zero-order chi connectivity index (χ0) is 16.7. The predicted molar refractivity (Wildman–Crippen MR) is 92.7 cm³/mol. The molecular formula is C18H20O3S. The monoisotopic (exact) mass is 316 g/mol. The van der Waals surface area contributed by atoms with Crippen molar-refractivity contribution in [2.75, 3.05) is 0 Å². The first-order valence-electron chi connectivity index (χ1n) is 7.02. The molecule has 22 heavy (non-hydrogen) atoms. The maximum absolute atomic E-state index is 11.9. The predicted octanol–water partition coefficient (Wildman–Crippen LogP) is 4.77. The molecule has 2 rings (SSSR count).